The minimum absolute atomic E-state index is 0.401. The van der Waals surface area contributed by atoms with Gasteiger partial charge in [0, 0.05) is 5.56 Å². The monoisotopic (exact) mass is 271 g/mol. The van der Waals surface area contributed by atoms with Gasteiger partial charge in [0.2, 0.25) is 5.91 Å². The fraction of sp³-hybridized carbons (Fsp3) is 0.188. The maximum atomic E-state index is 11.0. The number of amides is 1. The number of carbonyl (C=O) groups excluding carboxylic acids is 1. The molecule has 0 radical (unpaired) electrons. The number of carbonyl (C=O) groups is 1. The fourth-order valence-electron chi connectivity index (χ4n) is 1.82. The Bertz CT molecular complexity index is 606. The normalized spacial score (nSPS) is 10.1. The van der Waals surface area contributed by atoms with E-state index in [0.717, 1.165) is 11.1 Å². The molecule has 4 heteroatoms. The summed E-state index contributed by atoms with van der Waals surface area (Å²) < 4.78 is 11.0. The highest BCUT2D eigenvalue weighted by molar-refractivity contribution is 5.92. The lowest BCUT2D eigenvalue weighted by Gasteiger charge is -2.11. The van der Waals surface area contributed by atoms with Crippen LogP contribution in [-0.4, -0.2) is 13.0 Å². The van der Waals surface area contributed by atoms with Crippen molar-refractivity contribution in [2.75, 3.05) is 7.11 Å². The average molecular weight is 271 g/mol. The molecule has 2 rings (SSSR count). The third kappa shape index (κ3) is 3.29. The van der Waals surface area contributed by atoms with E-state index in [1.54, 1.807) is 19.2 Å². The van der Waals surface area contributed by atoms with Gasteiger partial charge in [-0.1, -0.05) is 18.2 Å². The second-order valence-corrected chi connectivity index (χ2v) is 4.50. The average Bonchev–Trinajstić information content (AvgIpc) is 2.46. The van der Waals surface area contributed by atoms with Crippen molar-refractivity contribution in [3.8, 4) is 11.5 Å². The predicted molar refractivity (Wildman–Crippen MR) is 77.0 cm³/mol. The fourth-order valence-corrected chi connectivity index (χ4v) is 1.82. The van der Waals surface area contributed by atoms with E-state index >= 15 is 0 Å². The van der Waals surface area contributed by atoms with Crippen LogP contribution in [0.3, 0.4) is 0 Å². The number of primary amides is 1. The zero-order valence-corrected chi connectivity index (χ0v) is 11.6. The summed E-state index contributed by atoms with van der Waals surface area (Å²) in [6, 6.07) is 12.8. The van der Waals surface area contributed by atoms with Crippen LogP contribution in [0.15, 0.2) is 42.5 Å². The Morgan fingerprint density at radius 1 is 1.10 bits per heavy atom. The summed E-state index contributed by atoms with van der Waals surface area (Å²) in [6.07, 6.45) is 0. The third-order valence-electron chi connectivity index (χ3n) is 2.95. The number of ether oxygens (including phenoxy) is 2. The van der Waals surface area contributed by atoms with Crippen LogP contribution >= 0.6 is 0 Å². The molecule has 0 atom stereocenters. The van der Waals surface area contributed by atoms with Crippen LogP contribution < -0.4 is 15.2 Å². The smallest absolute Gasteiger partial charge is 0.248 e. The summed E-state index contributed by atoms with van der Waals surface area (Å²) in [5.41, 5.74) is 7.75. The van der Waals surface area contributed by atoms with E-state index in [1.807, 2.05) is 37.3 Å². The number of rotatable bonds is 5. The molecular weight excluding hydrogens is 254 g/mol. The van der Waals surface area contributed by atoms with Gasteiger partial charge in [-0.05, 0) is 42.3 Å². The lowest BCUT2D eigenvalue weighted by molar-refractivity contribution is 0.1000. The van der Waals surface area contributed by atoms with Gasteiger partial charge in [0.25, 0.3) is 0 Å². The molecule has 0 aromatic heterocycles. The standard InChI is InChI=1S/C16H17NO3/c1-11-3-8-14(15(9-11)19-2)20-10-12-4-6-13(7-5-12)16(17)18/h3-9H,10H2,1-2H3,(H2,17,18). The van der Waals surface area contributed by atoms with Gasteiger partial charge in [-0.25, -0.2) is 0 Å². The molecule has 0 aliphatic heterocycles. The predicted octanol–water partition coefficient (Wildman–Crippen LogP) is 2.68. The zero-order valence-electron chi connectivity index (χ0n) is 11.6. The third-order valence-corrected chi connectivity index (χ3v) is 2.95. The van der Waals surface area contributed by atoms with Crippen molar-refractivity contribution in [3.63, 3.8) is 0 Å². The van der Waals surface area contributed by atoms with E-state index in [-0.39, 0.29) is 0 Å². The van der Waals surface area contributed by atoms with Crippen LogP contribution in [0.4, 0.5) is 0 Å². The van der Waals surface area contributed by atoms with E-state index in [1.165, 1.54) is 0 Å². The zero-order chi connectivity index (χ0) is 14.5. The first-order valence-electron chi connectivity index (χ1n) is 6.26. The number of methoxy groups -OCH3 is 1. The van der Waals surface area contributed by atoms with Crippen molar-refractivity contribution in [1.29, 1.82) is 0 Å². The van der Waals surface area contributed by atoms with Crippen LogP contribution in [0, 0.1) is 6.92 Å². The summed E-state index contributed by atoms with van der Waals surface area (Å²) in [6.45, 7) is 2.40. The first-order chi connectivity index (χ1) is 9.60. The molecule has 0 unspecified atom stereocenters. The Kier molecular flexibility index (Phi) is 4.25. The molecule has 1 amide bonds. The molecule has 4 nitrogen and oxygen atoms in total. The van der Waals surface area contributed by atoms with Crippen molar-refractivity contribution in [2.24, 2.45) is 5.73 Å². The minimum Gasteiger partial charge on any atom is -0.493 e. The molecule has 0 bridgehead atoms. The van der Waals surface area contributed by atoms with Gasteiger partial charge in [0.15, 0.2) is 11.5 Å². The summed E-state index contributed by atoms with van der Waals surface area (Å²) in [4.78, 5) is 11.0. The van der Waals surface area contributed by atoms with Gasteiger partial charge < -0.3 is 15.2 Å². The van der Waals surface area contributed by atoms with Gasteiger partial charge in [0.1, 0.15) is 6.61 Å². The minimum atomic E-state index is -0.433. The van der Waals surface area contributed by atoms with E-state index in [0.29, 0.717) is 23.7 Å². The van der Waals surface area contributed by atoms with Crippen molar-refractivity contribution in [1.82, 2.24) is 0 Å². The molecule has 0 spiro atoms. The van der Waals surface area contributed by atoms with Crippen molar-refractivity contribution in [2.45, 2.75) is 13.5 Å². The first-order valence-corrected chi connectivity index (χ1v) is 6.26. The molecule has 0 aliphatic carbocycles. The van der Waals surface area contributed by atoms with E-state index < -0.39 is 5.91 Å². The molecule has 20 heavy (non-hydrogen) atoms. The van der Waals surface area contributed by atoms with Gasteiger partial charge in [-0.3, -0.25) is 4.79 Å². The maximum absolute atomic E-state index is 11.0. The lowest BCUT2D eigenvalue weighted by atomic mass is 10.1. The second kappa shape index (κ2) is 6.10. The maximum Gasteiger partial charge on any atom is 0.248 e. The van der Waals surface area contributed by atoms with Crippen LogP contribution in [0.5, 0.6) is 11.5 Å². The lowest BCUT2D eigenvalue weighted by Crippen LogP contribution is -2.10. The van der Waals surface area contributed by atoms with Crippen LogP contribution in [0.25, 0.3) is 0 Å². The summed E-state index contributed by atoms with van der Waals surface area (Å²) in [7, 11) is 1.61. The molecule has 0 heterocycles. The number of benzene rings is 2. The molecule has 2 N–H and O–H groups in total. The number of hydrogen-bond acceptors (Lipinski definition) is 3. The second-order valence-electron chi connectivity index (χ2n) is 4.50. The Hall–Kier alpha value is -2.49. The molecule has 104 valence electrons. The van der Waals surface area contributed by atoms with E-state index in [9.17, 15) is 4.79 Å². The first kappa shape index (κ1) is 13.9. The largest absolute Gasteiger partial charge is 0.493 e. The Labute approximate surface area is 118 Å². The van der Waals surface area contributed by atoms with Crippen molar-refractivity contribution >= 4 is 5.91 Å². The molecule has 0 saturated carbocycles. The summed E-state index contributed by atoms with van der Waals surface area (Å²) in [5.74, 6) is 0.966. The quantitative estimate of drug-likeness (QED) is 0.909. The summed E-state index contributed by atoms with van der Waals surface area (Å²) in [5, 5.41) is 0. The van der Waals surface area contributed by atoms with Crippen molar-refractivity contribution in [3.05, 3.63) is 59.2 Å². The molecule has 2 aromatic carbocycles. The highest BCUT2D eigenvalue weighted by Crippen LogP contribution is 2.28. The molecule has 0 fully saturated rings. The summed E-state index contributed by atoms with van der Waals surface area (Å²) >= 11 is 0. The Morgan fingerprint density at radius 3 is 2.40 bits per heavy atom. The van der Waals surface area contributed by atoms with Crippen LogP contribution in [0.2, 0.25) is 0 Å². The highest BCUT2D eigenvalue weighted by atomic mass is 16.5. The Morgan fingerprint density at radius 2 is 1.80 bits per heavy atom. The molecular formula is C16H17NO3. The molecule has 0 aliphatic rings. The van der Waals surface area contributed by atoms with Gasteiger partial charge in [0.05, 0.1) is 7.11 Å². The number of nitrogens with two attached hydrogens (primary N) is 1. The van der Waals surface area contributed by atoms with Crippen molar-refractivity contribution < 1.29 is 14.3 Å². The van der Waals surface area contributed by atoms with Gasteiger partial charge in [-0.15, -0.1) is 0 Å². The van der Waals surface area contributed by atoms with Crippen LogP contribution in [-0.2, 0) is 6.61 Å². The molecule has 0 saturated heterocycles. The van der Waals surface area contributed by atoms with E-state index in [4.69, 9.17) is 15.2 Å². The topological polar surface area (TPSA) is 61.6 Å². The number of aryl methyl sites for hydroxylation is 1. The molecule has 2 aromatic rings. The van der Waals surface area contributed by atoms with Gasteiger partial charge in [-0.2, -0.15) is 0 Å². The Balaban J connectivity index is 2.06. The SMILES string of the molecule is COc1cc(C)ccc1OCc1ccc(C(N)=O)cc1. The number of hydrogen-bond donors (Lipinski definition) is 1. The highest BCUT2D eigenvalue weighted by Gasteiger charge is 2.05. The van der Waals surface area contributed by atoms with E-state index in [2.05, 4.69) is 0 Å². The van der Waals surface area contributed by atoms with Crippen LogP contribution in [0.1, 0.15) is 21.5 Å². The van der Waals surface area contributed by atoms with Gasteiger partial charge >= 0.3 is 0 Å².